The van der Waals surface area contributed by atoms with Crippen molar-refractivity contribution in [3.8, 4) is 0 Å². The van der Waals surface area contributed by atoms with Gasteiger partial charge in [-0.25, -0.2) is 4.98 Å². The second-order valence-corrected chi connectivity index (χ2v) is 6.00. The molecule has 0 spiro atoms. The van der Waals surface area contributed by atoms with Crippen LogP contribution < -0.4 is 11.1 Å². The minimum atomic E-state index is 0.383. The third-order valence-electron chi connectivity index (χ3n) is 3.46. The van der Waals surface area contributed by atoms with Gasteiger partial charge in [-0.05, 0) is 38.8 Å². The van der Waals surface area contributed by atoms with Gasteiger partial charge in [0.25, 0.3) is 0 Å². The Balaban J connectivity index is 2.73. The fraction of sp³-hybridized carbons (Fsp3) is 0.625. The highest BCUT2D eigenvalue weighted by Crippen LogP contribution is 2.20. The summed E-state index contributed by atoms with van der Waals surface area (Å²) in [4.78, 5) is 4.97. The molecule has 3 nitrogen and oxygen atoms in total. The van der Waals surface area contributed by atoms with E-state index >= 15 is 0 Å². The first kappa shape index (κ1) is 16.9. The van der Waals surface area contributed by atoms with Gasteiger partial charge >= 0.3 is 0 Å². The van der Waals surface area contributed by atoms with Gasteiger partial charge in [-0.3, -0.25) is 0 Å². The number of nitrogens with zero attached hydrogens (tertiary/aromatic N) is 1. The van der Waals surface area contributed by atoms with Crippen LogP contribution in [0.2, 0.25) is 0 Å². The summed E-state index contributed by atoms with van der Waals surface area (Å²) in [5, 5.41) is 3.47. The van der Waals surface area contributed by atoms with Crippen LogP contribution in [-0.4, -0.2) is 16.0 Å². The van der Waals surface area contributed by atoms with E-state index in [1.54, 1.807) is 0 Å². The summed E-state index contributed by atoms with van der Waals surface area (Å²) in [6.07, 6.45) is 6.27. The SMILES string of the molecule is CCCCCCC(C)Nc1nc(C)cc(C)c1C(N)=S. The zero-order chi connectivity index (χ0) is 15.1. The number of nitrogens with one attached hydrogen (secondary N) is 1. The van der Waals surface area contributed by atoms with Crippen molar-refractivity contribution >= 4 is 23.0 Å². The third-order valence-corrected chi connectivity index (χ3v) is 3.67. The molecule has 112 valence electrons. The normalized spacial score (nSPS) is 12.2. The van der Waals surface area contributed by atoms with Gasteiger partial charge in [0, 0.05) is 11.7 Å². The number of hydrogen-bond donors (Lipinski definition) is 2. The molecular weight excluding hydrogens is 266 g/mol. The highest BCUT2D eigenvalue weighted by molar-refractivity contribution is 7.80. The Hall–Kier alpha value is -1.16. The van der Waals surface area contributed by atoms with Gasteiger partial charge in [0.2, 0.25) is 0 Å². The van der Waals surface area contributed by atoms with Crippen LogP contribution >= 0.6 is 12.2 Å². The van der Waals surface area contributed by atoms with Gasteiger partial charge in [0.1, 0.15) is 10.8 Å². The number of hydrogen-bond acceptors (Lipinski definition) is 3. The minimum Gasteiger partial charge on any atom is -0.389 e. The molecule has 1 rings (SSSR count). The lowest BCUT2D eigenvalue weighted by Gasteiger charge is -2.18. The molecule has 3 N–H and O–H groups in total. The van der Waals surface area contributed by atoms with Crippen molar-refractivity contribution in [3.63, 3.8) is 0 Å². The highest BCUT2D eigenvalue weighted by Gasteiger charge is 2.13. The molecule has 0 aliphatic carbocycles. The Morgan fingerprint density at radius 1 is 1.35 bits per heavy atom. The number of rotatable bonds is 8. The number of aryl methyl sites for hydroxylation is 2. The van der Waals surface area contributed by atoms with Crippen molar-refractivity contribution in [2.45, 2.75) is 65.8 Å². The number of unbranched alkanes of at least 4 members (excludes halogenated alkanes) is 3. The maximum Gasteiger partial charge on any atom is 0.136 e. The number of aromatic nitrogens is 1. The lowest BCUT2D eigenvalue weighted by atomic mass is 10.1. The van der Waals surface area contributed by atoms with Crippen LogP contribution in [0, 0.1) is 13.8 Å². The van der Waals surface area contributed by atoms with Gasteiger partial charge in [-0.15, -0.1) is 0 Å². The number of nitrogens with two attached hydrogens (primary N) is 1. The molecule has 4 heteroatoms. The van der Waals surface area contributed by atoms with E-state index in [1.165, 1.54) is 25.7 Å². The highest BCUT2D eigenvalue weighted by atomic mass is 32.1. The van der Waals surface area contributed by atoms with Crippen LogP contribution in [0.1, 0.15) is 62.8 Å². The molecule has 0 aromatic carbocycles. The Morgan fingerprint density at radius 2 is 2.05 bits per heavy atom. The number of anilines is 1. The molecule has 0 amide bonds. The van der Waals surface area contributed by atoms with Gasteiger partial charge in [-0.2, -0.15) is 0 Å². The van der Waals surface area contributed by atoms with Gasteiger partial charge in [-0.1, -0.05) is 44.8 Å². The van der Waals surface area contributed by atoms with Crippen LogP contribution in [0.3, 0.4) is 0 Å². The smallest absolute Gasteiger partial charge is 0.136 e. The van der Waals surface area contributed by atoms with E-state index in [1.807, 2.05) is 19.9 Å². The van der Waals surface area contributed by atoms with E-state index in [4.69, 9.17) is 18.0 Å². The Morgan fingerprint density at radius 3 is 2.65 bits per heavy atom. The average Bonchev–Trinajstić information content (AvgIpc) is 2.33. The van der Waals surface area contributed by atoms with Crippen LogP contribution in [-0.2, 0) is 0 Å². The lowest BCUT2D eigenvalue weighted by Crippen LogP contribution is -2.22. The zero-order valence-electron chi connectivity index (χ0n) is 13.1. The van der Waals surface area contributed by atoms with E-state index in [0.29, 0.717) is 11.0 Å². The van der Waals surface area contributed by atoms with Crippen molar-refractivity contribution in [2.24, 2.45) is 5.73 Å². The predicted molar refractivity (Wildman–Crippen MR) is 91.4 cm³/mol. The van der Waals surface area contributed by atoms with Crippen molar-refractivity contribution in [2.75, 3.05) is 5.32 Å². The summed E-state index contributed by atoms with van der Waals surface area (Å²) in [6, 6.07) is 2.40. The average molecular weight is 293 g/mol. The Bertz CT molecular complexity index is 457. The van der Waals surface area contributed by atoms with Crippen LogP contribution in [0.5, 0.6) is 0 Å². The molecule has 1 heterocycles. The maximum atomic E-state index is 5.83. The van der Waals surface area contributed by atoms with Crippen LogP contribution in [0.15, 0.2) is 6.07 Å². The van der Waals surface area contributed by atoms with Crippen molar-refractivity contribution in [1.29, 1.82) is 0 Å². The van der Waals surface area contributed by atoms with Gasteiger partial charge < -0.3 is 11.1 Å². The lowest BCUT2D eigenvalue weighted by molar-refractivity contribution is 0.593. The monoisotopic (exact) mass is 293 g/mol. The molecular formula is C16H27N3S. The molecule has 1 atom stereocenters. The van der Waals surface area contributed by atoms with Crippen molar-refractivity contribution in [3.05, 3.63) is 22.9 Å². The first-order chi connectivity index (χ1) is 9.45. The molecule has 0 aliphatic heterocycles. The van der Waals surface area contributed by atoms with E-state index in [0.717, 1.165) is 29.1 Å². The van der Waals surface area contributed by atoms with E-state index in [-0.39, 0.29) is 0 Å². The first-order valence-electron chi connectivity index (χ1n) is 7.50. The van der Waals surface area contributed by atoms with Gasteiger partial charge in [0.05, 0.1) is 5.56 Å². The molecule has 20 heavy (non-hydrogen) atoms. The standard InChI is InChI=1S/C16H27N3S/c1-5-6-7-8-9-12(3)18-16-14(15(17)20)11(2)10-13(4)19-16/h10,12H,5-9H2,1-4H3,(H2,17,20)(H,18,19). The summed E-state index contributed by atoms with van der Waals surface area (Å²) < 4.78 is 0. The Labute approximate surface area is 128 Å². The Kier molecular flexibility index (Phi) is 6.93. The molecule has 0 fully saturated rings. The summed E-state index contributed by atoms with van der Waals surface area (Å²) >= 11 is 5.15. The number of pyridine rings is 1. The summed E-state index contributed by atoms with van der Waals surface area (Å²) in [6.45, 7) is 8.44. The fourth-order valence-electron chi connectivity index (χ4n) is 2.44. The fourth-order valence-corrected chi connectivity index (χ4v) is 2.69. The molecule has 0 aliphatic rings. The third kappa shape index (κ3) is 5.08. The molecule has 1 aromatic heterocycles. The van der Waals surface area contributed by atoms with E-state index < -0.39 is 0 Å². The maximum absolute atomic E-state index is 5.83. The van der Waals surface area contributed by atoms with Gasteiger partial charge in [0.15, 0.2) is 0 Å². The molecule has 1 aromatic rings. The molecule has 0 radical (unpaired) electrons. The second-order valence-electron chi connectivity index (χ2n) is 5.56. The molecule has 0 saturated carbocycles. The van der Waals surface area contributed by atoms with Crippen molar-refractivity contribution in [1.82, 2.24) is 4.98 Å². The molecule has 1 unspecified atom stereocenters. The van der Waals surface area contributed by atoms with Crippen LogP contribution in [0.4, 0.5) is 5.82 Å². The van der Waals surface area contributed by atoms with Crippen molar-refractivity contribution < 1.29 is 0 Å². The number of thiocarbonyl (C=S) groups is 1. The summed E-state index contributed by atoms with van der Waals surface area (Å²) in [7, 11) is 0. The van der Waals surface area contributed by atoms with E-state index in [9.17, 15) is 0 Å². The minimum absolute atomic E-state index is 0.383. The van der Waals surface area contributed by atoms with Crippen LogP contribution in [0.25, 0.3) is 0 Å². The first-order valence-corrected chi connectivity index (χ1v) is 7.91. The quantitative estimate of drug-likeness (QED) is 0.559. The molecule has 0 bridgehead atoms. The molecule has 0 saturated heterocycles. The predicted octanol–water partition coefficient (Wildman–Crippen LogP) is 4.10. The largest absolute Gasteiger partial charge is 0.389 e. The summed E-state index contributed by atoms with van der Waals surface area (Å²) in [5.74, 6) is 0.831. The topological polar surface area (TPSA) is 50.9 Å². The summed E-state index contributed by atoms with van der Waals surface area (Å²) in [5.41, 5.74) is 8.79. The second kappa shape index (κ2) is 8.20. The zero-order valence-corrected chi connectivity index (χ0v) is 13.9. The van der Waals surface area contributed by atoms with E-state index in [2.05, 4.69) is 24.1 Å².